The SMILES string of the molecule is C/C(=N/O[C@H]1C[C@H](C)CC[C@H]1C(C)C)C(=O)Nc1c(F)c(F)c(F)c(F)c1F. The van der Waals surface area contributed by atoms with Crippen LogP contribution >= 0.6 is 0 Å². The number of oxime groups is 1. The van der Waals surface area contributed by atoms with Crippen LogP contribution in [-0.4, -0.2) is 17.7 Å². The summed E-state index contributed by atoms with van der Waals surface area (Å²) in [5, 5.41) is 5.40. The number of rotatable bonds is 5. The lowest BCUT2D eigenvalue weighted by atomic mass is 9.75. The van der Waals surface area contributed by atoms with E-state index in [1.807, 2.05) is 0 Å². The van der Waals surface area contributed by atoms with E-state index < -0.39 is 40.7 Å². The van der Waals surface area contributed by atoms with E-state index in [2.05, 4.69) is 25.9 Å². The molecule has 0 radical (unpaired) electrons. The predicted molar refractivity (Wildman–Crippen MR) is 94.2 cm³/mol. The van der Waals surface area contributed by atoms with Gasteiger partial charge in [0.25, 0.3) is 5.91 Å². The first kappa shape index (κ1) is 22.1. The maximum absolute atomic E-state index is 13.7. The van der Waals surface area contributed by atoms with E-state index >= 15 is 0 Å². The molecule has 1 fully saturated rings. The van der Waals surface area contributed by atoms with E-state index in [1.165, 1.54) is 6.92 Å². The minimum atomic E-state index is -2.30. The van der Waals surface area contributed by atoms with E-state index in [-0.39, 0.29) is 17.7 Å². The first-order valence-electron chi connectivity index (χ1n) is 9.07. The maximum atomic E-state index is 13.7. The molecule has 0 unspecified atom stereocenters. The number of halogens is 5. The summed E-state index contributed by atoms with van der Waals surface area (Å²) in [5.41, 5.74) is -1.73. The van der Waals surface area contributed by atoms with Gasteiger partial charge in [0, 0.05) is 5.92 Å². The van der Waals surface area contributed by atoms with Crippen LogP contribution in [0.1, 0.15) is 47.0 Å². The van der Waals surface area contributed by atoms with Crippen molar-refractivity contribution in [3.05, 3.63) is 29.1 Å². The summed E-state index contributed by atoms with van der Waals surface area (Å²) in [6.07, 6.45) is 2.54. The van der Waals surface area contributed by atoms with Gasteiger partial charge in [-0.2, -0.15) is 0 Å². The number of hydrogen-bond donors (Lipinski definition) is 1. The molecule has 3 atom stereocenters. The van der Waals surface area contributed by atoms with Gasteiger partial charge in [0.05, 0.1) is 0 Å². The van der Waals surface area contributed by atoms with E-state index in [4.69, 9.17) is 4.84 Å². The average Bonchev–Trinajstić information content (AvgIpc) is 2.65. The number of nitrogens with zero attached hydrogens (tertiary/aromatic N) is 1. The molecule has 1 saturated carbocycles. The number of nitrogens with one attached hydrogen (secondary N) is 1. The second-order valence-corrected chi connectivity index (χ2v) is 7.55. The minimum Gasteiger partial charge on any atom is -0.392 e. The van der Waals surface area contributed by atoms with Gasteiger partial charge >= 0.3 is 0 Å². The smallest absolute Gasteiger partial charge is 0.273 e. The van der Waals surface area contributed by atoms with Crippen molar-refractivity contribution in [3.8, 4) is 0 Å². The molecule has 1 aliphatic carbocycles. The Labute approximate surface area is 160 Å². The van der Waals surface area contributed by atoms with Gasteiger partial charge in [-0.05, 0) is 31.6 Å². The molecule has 9 heteroatoms. The first-order chi connectivity index (χ1) is 13.0. The van der Waals surface area contributed by atoms with Crippen molar-refractivity contribution in [1.29, 1.82) is 0 Å². The van der Waals surface area contributed by atoms with Crippen LogP contribution in [0.3, 0.4) is 0 Å². The molecule has 1 N–H and O–H groups in total. The van der Waals surface area contributed by atoms with Gasteiger partial charge in [-0.15, -0.1) is 0 Å². The van der Waals surface area contributed by atoms with Crippen LogP contribution in [0.15, 0.2) is 5.16 Å². The summed E-state index contributed by atoms with van der Waals surface area (Å²) < 4.78 is 66.9. The third kappa shape index (κ3) is 4.62. The highest BCUT2D eigenvalue weighted by Gasteiger charge is 2.33. The van der Waals surface area contributed by atoms with Gasteiger partial charge in [0.15, 0.2) is 23.3 Å². The molecule has 0 aliphatic heterocycles. The van der Waals surface area contributed by atoms with E-state index in [0.29, 0.717) is 11.8 Å². The van der Waals surface area contributed by atoms with Gasteiger partial charge in [0.1, 0.15) is 17.5 Å². The van der Waals surface area contributed by atoms with Crippen LogP contribution in [0.25, 0.3) is 0 Å². The van der Waals surface area contributed by atoms with Crippen LogP contribution in [0.2, 0.25) is 0 Å². The molecule has 0 bridgehead atoms. The molecule has 0 saturated heterocycles. The number of benzene rings is 1. The van der Waals surface area contributed by atoms with E-state index in [0.717, 1.165) is 19.3 Å². The number of hydrogen-bond acceptors (Lipinski definition) is 3. The fraction of sp³-hybridized carbons (Fsp3) is 0.579. The zero-order valence-electron chi connectivity index (χ0n) is 16.1. The van der Waals surface area contributed by atoms with Crippen LogP contribution < -0.4 is 5.32 Å². The summed E-state index contributed by atoms with van der Waals surface area (Å²) in [7, 11) is 0. The van der Waals surface area contributed by atoms with E-state index in [1.54, 1.807) is 5.32 Å². The second kappa shape index (κ2) is 8.87. The molecule has 28 heavy (non-hydrogen) atoms. The highest BCUT2D eigenvalue weighted by molar-refractivity contribution is 6.42. The zero-order valence-corrected chi connectivity index (χ0v) is 16.1. The number of anilines is 1. The predicted octanol–water partition coefficient (Wildman–Crippen LogP) is 5.17. The maximum Gasteiger partial charge on any atom is 0.273 e. The molecule has 0 spiro atoms. The second-order valence-electron chi connectivity index (χ2n) is 7.55. The Morgan fingerprint density at radius 3 is 2.11 bits per heavy atom. The largest absolute Gasteiger partial charge is 0.392 e. The van der Waals surface area contributed by atoms with Crippen LogP contribution in [0.4, 0.5) is 27.6 Å². The standard InChI is InChI=1S/C19H23F5N2O2/c1-8(2)11-6-5-9(3)7-12(11)28-26-10(4)19(27)25-18-16(23)14(21)13(20)15(22)17(18)24/h8-9,11-12H,5-7H2,1-4H3,(H,25,27)/b26-10-/t9-,11+,12+/m1/s1. The lowest BCUT2D eigenvalue weighted by Gasteiger charge is -2.35. The molecule has 1 aromatic rings. The Hall–Kier alpha value is -2.19. The Balaban J connectivity index is 2.15. The highest BCUT2D eigenvalue weighted by Crippen LogP contribution is 2.35. The van der Waals surface area contributed by atoms with Crippen molar-refractivity contribution in [2.45, 2.75) is 53.1 Å². The van der Waals surface area contributed by atoms with Crippen LogP contribution in [0, 0.1) is 46.8 Å². The van der Waals surface area contributed by atoms with Crippen molar-refractivity contribution in [2.24, 2.45) is 22.9 Å². The number of carbonyl (C=O) groups is 1. The third-order valence-corrected chi connectivity index (χ3v) is 5.06. The molecule has 2 rings (SSSR count). The summed E-state index contributed by atoms with van der Waals surface area (Å²) in [6, 6.07) is 0. The molecule has 1 aliphatic rings. The van der Waals surface area contributed by atoms with Crippen molar-refractivity contribution in [1.82, 2.24) is 0 Å². The summed E-state index contributed by atoms with van der Waals surface area (Å²) in [6.45, 7) is 7.42. The van der Waals surface area contributed by atoms with Crippen LogP contribution in [0.5, 0.6) is 0 Å². The molecular formula is C19H23F5N2O2. The molecule has 0 aromatic heterocycles. The van der Waals surface area contributed by atoms with Crippen molar-refractivity contribution >= 4 is 17.3 Å². The molecule has 1 aromatic carbocycles. The molecule has 1 amide bonds. The highest BCUT2D eigenvalue weighted by atomic mass is 19.2. The average molecular weight is 406 g/mol. The lowest BCUT2D eigenvalue weighted by molar-refractivity contribution is -0.110. The summed E-state index contributed by atoms with van der Waals surface area (Å²) in [4.78, 5) is 17.6. The molecule has 0 heterocycles. The Kier molecular flexibility index (Phi) is 7.01. The van der Waals surface area contributed by atoms with Crippen molar-refractivity contribution < 1.29 is 31.6 Å². The van der Waals surface area contributed by atoms with E-state index in [9.17, 15) is 26.7 Å². The Morgan fingerprint density at radius 1 is 1.04 bits per heavy atom. The van der Waals surface area contributed by atoms with Gasteiger partial charge < -0.3 is 10.2 Å². The number of carbonyl (C=O) groups excluding carboxylic acids is 1. The monoisotopic (exact) mass is 406 g/mol. The van der Waals surface area contributed by atoms with Gasteiger partial charge in [-0.3, -0.25) is 4.79 Å². The van der Waals surface area contributed by atoms with Crippen molar-refractivity contribution in [3.63, 3.8) is 0 Å². The topological polar surface area (TPSA) is 50.7 Å². The first-order valence-corrected chi connectivity index (χ1v) is 9.07. The van der Waals surface area contributed by atoms with Gasteiger partial charge in [-0.1, -0.05) is 32.3 Å². The molecular weight excluding hydrogens is 383 g/mol. The minimum absolute atomic E-state index is 0.222. The Morgan fingerprint density at radius 2 is 1.57 bits per heavy atom. The fourth-order valence-corrected chi connectivity index (χ4v) is 3.34. The van der Waals surface area contributed by atoms with Gasteiger partial charge in [-0.25, -0.2) is 22.0 Å². The fourth-order valence-electron chi connectivity index (χ4n) is 3.34. The Bertz CT molecular complexity index is 753. The molecule has 4 nitrogen and oxygen atoms in total. The molecule has 156 valence electrons. The number of amides is 1. The van der Waals surface area contributed by atoms with Crippen molar-refractivity contribution in [2.75, 3.05) is 5.32 Å². The van der Waals surface area contributed by atoms with Gasteiger partial charge in [0.2, 0.25) is 5.82 Å². The van der Waals surface area contributed by atoms with Crippen LogP contribution in [-0.2, 0) is 9.63 Å². The zero-order chi connectivity index (χ0) is 21.2. The quantitative estimate of drug-likeness (QED) is 0.241. The summed E-state index contributed by atoms with van der Waals surface area (Å²) >= 11 is 0. The lowest BCUT2D eigenvalue weighted by Crippen LogP contribution is -2.34. The third-order valence-electron chi connectivity index (χ3n) is 5.06. The summed E-state index contributed by atoms with van der Waals surface area (Å²) in [5.74, 6) is -11.0. The normalized spacial score (nSPS) is 23.1.